The number of benzene rings is 1. The zero-order valence-corrected chi connectivity index (χ0v) is 15.7. The molecule has 5 rings (SSSR count). The molecule has 0 spiro atoms. The van der Waals surface area contributed by atoms with Crippen molar-refractivity contribution < 1.29 is 4.79 Å². The maximum Gasteiger partial charge on any atom is 0.259 e. The van der Waals surface area contributed by atoms with E-state index in [1.54, 1.807) is 17.5 Å². The van der Waals surface area contributed by atoms with Gasteiger partial charge < -0.3 is 4.90 Å². The summed E-state index contributed by atoms with van der Waals surface area (Å²) in [6, 6.07) is 14.1. The van der Waals surface area contributed by atoms with Crippen LogP contribution in [0.25, 0.3) is 21.6 Å². The second-order valence-corrected chi connectivity index (χ2v) is 7.51. The average Bonchev–Trinajstić information content (AvgIpc) is 3.45. The van der Waals surface area contributed by atoms with Crippen LogP contribution in [0.15, 0.2) is 54.0 Å². The lowest BCUT2D eigenvalue weighted by molar-refractivity contribution is 0.0991. The van der Waals surface area contributed by atoms with Gasteiger partial charge in [-0.1, -0.05) is 24.3 Å². The summed E-state index contributed by atoms with van der Waals surface area (Å²) < 4.78 is 1.85. The fraction of sp³-hybridized carbons (Fsp3) is 0.190. The quantitative estimate of drug-likeness (QED) is 0.535. The number of fused-ring (bicyclic) bond motifs is 2. The highest BCUT2D eigenvalue weighted by atomic mass is 32.1. The van der Waals surface area contributed by atoms with E-state index >= 15 is 0 Å². The highest BCUT2D eigenvalue weighted by Gasteiger charge is 2.27. The number of aryl methyl sites for hydroxylation is 1. The fourth-order valence-corrected chi connectivity index (χ4v) is 4.39. The van der Waals surface area contributed by atoms with Crippen LogP contribution in [0.5, 0.6) is 0 Å². The summed E-state index contributed by atoms with van der Waals surface area (Å²) in [7, 11) is 0. The standard InChI is InChI=1S/C21H18N4OS/c1-2-25-20-16(13-22-25)15(12-17(23-20)19-8-5-11-27-19)21(26)24-10-9-14-6-3-4-7-18(14)24/h3-8,11-13H,2,9-10H2,1H3. The Bertz CT molecular complexity index is 1150. The van der Waals surface area contributed by atoms with Crippen molar-refractivity contribution in [3.8, 4) is 10.6 Å². The fourth-order valence-electron chi connectivity index (χ4n) is 3.70. The Morgan fingerprint density at radius 3 is 2.93 bits per heavy atom. The summed E-state index contributed by atoms with van der Waals surface area (Å²) in [6.07, 6.45) is 2.65. The molecule has 0 N–H and O–H groups in total. The molecule has 4 aromatic rings. The number of aromatic nitrogens is 3. The molecule has 6 heteroatoms. The summed E-state index contributed by atoms with van der Waals surface area (Å²) in [5.41, 5.74) is 4.48. The van der Waals surface area contributed by atoms with E-state index in [4.69, 9.17) is 4.98 Å². The first-order valence-corrected chi connectivity index (χ1v) is 9.94. The van der Waals surface area contributed by atoms with Crippen molar-refractivity contribution in [2.45, 2.75) is 19.9 Å². The topological polar surface area (TPSA) is 51.0 Å². The smallest absolute Gasteiger partial charge is 0.259 e. The summed E-state index contributed by atoms with van der Waals surface area (Å²) in [5, 5.41) is 7.27. The molecule has 3 aromatic heterocycles. The maximum atomic E-state index is 13.5. The second-order valence-electron chi connectivity index (χ2n) is 6.57. The Balaban J connectivity index is 1.68. The molecule has 0 atom stereocenters. The van der Waals surface area contributed by atoms with Gasteiger partial charge in [0, 0.05) is 18.8 Å². The van der Waals surface area contributed by atoms with Crippen LogP contribution in [-0.2, 0) is 13.0 Å². The van der Waals surface area contributed by atoms with Gasteiger partial charge in [0.15, 0.2) is 5.65 Å². The van der Waals surface area contributed by atoms with E-state index < -0.39 is 0 Å². The van der Waals surface area contributed by atoms with E-state index in [0.717, 1.165) is 33.7 Å². The van der Waals surface area contributed by atoms with Crippen LogP contribution >= 0.6 is 11.3 Å². The third-order valence-corrected chi connectivity index (χ3v) is 5.94. The minimum Gasteiger partial charge on any atom is -0.308 e. The maximum absolute atomic E-state index is 13.5. The Morgan fingerprint density at radius 2 is 2.11 bits per heavy atom. The molecule has 1 aliphatic heterocycles. The van der Waals surface area contributed by atoms with Gasteiger partial charge >= 0.3 is 0 Å². The largest absolute Gasteiger partial charge is 0.308 e. The zero-order valence-electron chi connectivity index (χ0n) is 14.9. The molecule has 1 amide bonds. The number of thiophene rings is 1. The molecule has 0 bridgehead atoms. The summed E-state index contributed by atoms with van der Waals surface area (Å²) in [4.78, 5) is 21.2. The highest BCUT2D eigenvalue weighted by Crippen LogP contribution is 2.32. The average molecular weight is 374 g/mol. The number of nitrogens with zero attached hydrogens (tertiary/aromatic N) is 4. The van der Waals surface area contributed by atoms with Crippen molar-refractivity contribution in [1.82, 2.24) is 14.8 Å². The van der Waals surface area contributed by atoms with Crippen molar-refractivity contribution in [2.24, 2.45) is 0 Å². The first-order valence-electron chi connectivity index (χ1n) is 9.06. The van der Waals surface area contributed by atoms with Crippen molar-refractivity contribution in [2.75, 3.05) is 11.4 Å². The summed E-state index contributed by atoms with van der Waals surface area (Å²) in [5.74, 6) is 0.0146. The molecule has 134 valence electrons. The first-order chi connectivity index (χ1) is 13.3. The van der Waals surface area contributed by atoms with Crippen LogP contribution < -0.4 is 4.90 Å². The number of hydrogen-bond donors (Lipinski definition) is 0. The molecule has 0 aliphatic carbocycles. The van der Waals surface area contributed by atoms with Crippen LogP contribution in [0, 0.1) is 0 Å². The molecular weight excluding hydrogens is 356 g/mol. The number of carbonyl (C=O) groups is 1. The van der Waals surface area contributed by atoms with E-state index in [-0.39, 0.29) is 5.91 Å². The van der Waals surface area contributed by atoms with Gasteiger partial charge in [0.05, 0.1) is 27.7 Å². The predicted octanol–water partition coefficient (Wildman–Crippen LogP) is 4.38. The molecule has 1 aliphatic rings. The van der Waals surface area contributed by atoms with Gasteiger partial charge in [-0.15, -0.1) is 11.3 Å². The number of para-hydroxylation sites is 1. The van der Waals surface area contributed by atoms with Gasteiger partial charge in [0.1, 0.15) is 0 Å². The number of amides is 1. The van der Waals surface area contributed by atoms with E-state index in [0.29, 0.717) is 18.7 Å². The van der Waals surface area contributed by atoms with Gasteiger partial charge in [-0.3, -0.25) is 4.79 Å². The molecule has 0 radical (unpaired) electrons. The third kappa shape index (κ3) is 2.56. The molecule has 1 aromatic carbocycles. The van der Waals surface area contributed by atoms with Crippen molar-refractivity contribution in [1.29, 1.82) is 0 Å². The Labute approximate surface area is 160 Å². The Morgan fingerprint density at radius 1 is 1.22 bits per heavy atom. The predicted molar refractivity (Wildman–Crippen MR) is 108 cm³/mol. The van der Waals surface area contributed by atoms with E-state index in [9.17, 15) is 4.79 Å². The van der Waals surface area contributed by atoms with E-state index in [2.05, 4.69) is 11.2 Å². The normalized spacial score (nSPS) is 13.3. The lowest BCUT2D eigenvalue weighted by atomic mass is 10.1. The summed E-state index contributed by atoms with van der Waals surface area (Å²) in [6.45, 7) is 3.45. The molecular formula is C21H18N4OS. The lowest BCUT2D eigenvalue weighted by Crippen LogP contribution is -2.29. The minimum absolute atomic E-state index is 0.0146. The van der Waals surface area contributed by atoms with Crippen LogP contribution in [0.1, 0.15) is 22.8 Å². The van der Waals surface area contributed by atoms with Crippen molar-refractivity contribution >= 4 is 34.0 Å². The van der Waals surface area contributed by atoms with Crippen LogP contribution in [0.2, 0.25) is 0 Å². The number of rotatable bonds is 3. The van der Waals surface area contributed by atoms with Gasteiger partial charge in [0.2, 0.25) is 0 Å². The second kappa shape index (κ2) is 6.32. The van der Waals surface area contributed by atoms with Crippen molar-refractivity contribution in [3.05, 3.63) is 65.2 Å². The highest BCUT2D eigenvalue weighted by molar-refractivity contribution is 7.13. The number of anilines is 1. The molecule has 0 saturated carbocycles. The molecule has 0 saturated heterocycles. The summed E-state index contributed by atoms with van der Waals surface area (Å²) >= 11 is 1.62. The van der Waals surface area contributed by atoms with Crippen molar-refractivity contribution in [3.63, 3.8) is 0 Å². The minimum atomic E-state index is 0.0146. The number of pyridine rings is 1. The molecule has 0 unspecified atom stereocenters. The monoisotopic (exact) mass is 374 g/mol. The van der Waals surface area contributed by atoms with E-state index in [1.165, 1.54) is 5.56 Å². The zero-order chi connectivity index (χ0) is 18.4. The van der Waals surface area contributed by atoms with Crippen LogP contribution in [-0.4, -0.2) is 27.2 Å². The molecule has 4 heterocycles. The molecule has 0 fully saturated rings. The third-order valence-electron chi connectivity index (χ3n) is 5.05. The van der Waals surface area contributed by atoms with Gasteiger partial charge in [-0.25, -0.2) is 9.67 Å². The van der Waals surface area contributed by atoms with Gasteiger partial charge in [0.25, 0.3) is 5.91 Å². The van der Waals surface area contributed by atoms with Gasteiger partial charge in [-0.05, 0) is 42.5 Å². The SMILES string of the molecule is CCn1ncc2c(C(=O)N3CCc4ccccc43)cc(-c3cccs3)nc21. The Hall–Kier alpha value is -2.99. The van der Waals surface area contributed by atoms with Crippen LogP contribution in [0.3, 0.4) is 0 Å². The number of hydrogen-bond acceptors (Lipinski definition) is 4. The van der Waals surface area contributed by atoms with E-state index in [1.807, 2.05) is 58.3 Å². The lowest BCUT2D eigenvalue weighted by Gasteiger charge is -2.18. The van der Waals surface area contributed by atoms with Gasteiger partial charge in [-0.2, -0.15) is 5.10 Å². The molecule has 5 nitrogen and oxygen atoms in total. The first kappa shape index (κ1) is 16.2. The van der Waals surface area contributed by atoms with Crippen LogP contribution in [0.4, 0.5) is 5.69 Å². The Kier molecular flexibility index (Phi) is 3.79. The number of carbonyl (C=O) groups excluding carboxylic acids is 1. The molecule has 27 heavy (non-hydrogen) atoms.